The van der Waals surface area contributed by atoms with Gasteiger partial charge in [0.15, 0.2) is 0 Å². The monoisotopic (exact) mass is 624 g/mol. The van der Waals surface area contributed by atoms with E-state index in [9.17, 15) is 24.9 Å². The summed E-state index contributed by atoms with van der Waals surface area (Å²) >= 11 is 0. The van der Waals surface area contributed by atoms with Crippen molar-refractivity contribution in [3.63, 3.8) is 0 Å². The van der Waals surface area contributed by atoms with Crippen LogP contribution in [0.25, 0.3) is 0 Å². The highest BCUT2D eigenvalue weighted by Gasteiger charge is 2.35. The maximum Gasteiger partial charge on any atom is 0.309 e. The number of ether oxygens (including phenoxy) is 2. The molecule has 0 spiro atoms. The molecule has 0 aromatic heterocycles. The highest BCUT2D eigenvalue weighted by molar-refractivity contribution is 5.83. The fourth-order valence-electron chi connectivity index (χ4n) is 7.04. The molecule has 0 aromatic rings. The standard InChI is InChI=1S/C37H68O7/c1-3-4-5-6-7-8-9-10-11-12-13-17-23-33(40)35-25-26-36(44-35)34(41)24-19-18-21-31(39)20-15-14-16-22-32-28-30(27-29(2)38)37(42)43-32/h30-36,39-41H,3-28H2,1-2H3/t30-,31+,32-,33+,34+,35+,36+/m0/s1. The van der Waals surface area contributed by atoms with Crippen molar-refractivity contribution in [3.05, 3.63) is 0 Å². The number of ketones is 1. The van der Waals surface area contributed by atoms with E-state index in [0.717, 1.165) is 77.0 Å². The van der Waals surface area contributed by atoms with E-state index >= 15 is 0 Å². The van der Waals surface area contributed by atoms with Gasteiger partial charge in [-0.05, 0) is 64.7 Å². The number of unbranched alkanes of at least 4 members (excludes halogenated alkanes) is 14. The number of hydrogen-bond acceptors (Lipinski definition) is 7. The van der Waals surface area contributed by atoms with Crippen molar-refractivity contribution < 1.29 is 34.4 Å². The molecule has 0 bridgehead atoms. The predicted molar refractivity (Wildman–Crippen MR) is 176 cm³/mol. The molecule has 0 saturated carbocycles. The summed E-state index contributed by atoms with van der Waals surface area (Å²) in [4.78, 5) is 23.1. The number of carbonyl (C=O) groups excluding carboxylic acids is 2. The van der Waals surface area contributed by atoms with Crippen LogP contribution in [-0.2, 0) is 19.1 Å². The number of cyclic esters (lactones) is 1. The number of aliphatic hydroxyl groups excluding tert-OH is 3. The summed E-state index contributed by atoms with van der Waals surface area (Å²) in [5.41, 5.74) is 0. The zero-order valence-corrected chi connectivity index (χ0v) is 28.4. The maximum absolute atomic E-state index is 11.8. The van der Waals surface area contributed by atoms with Crippen molar-refractivity contribution in [1.29, 1.82) is 0 Å². The van der Waals surface area contributed by atoms with Gasteiger partial charge in [-0.3, -0.25) is 4.79 Å². The van der Waals surface area contributed by atoms with Gasteiger partial charge in [0, 0.05) is 6.42 Å². The van der Waals surface area contributed by atoms with Gasteiger partial charge in [-0.15, -0.1) is 0 Å². The Balaban J connectivity index is 1.40. The molecule has 2 aliphatic heterocycles. The molecule has 0 radical (unpaired) electrons. The third kappa shape index (κ3) is 17.6. The summed E-state index contributed by atoms with van der Waals surface area (Å²) in [7, 11) is 0. The van der Waals surface area contributed by atoms with Gasteiger partial charge in [0.05, 0.1) is 36.4 Å². The summed E-state index contributed by atoms with van der Waals surface area (Å²) in [6.07, 6.45) is 25.1. The Morgan fingerprint density at radius 1 is 0.705 bits per heavy atom. The third-order valence-corrected chi connectivity index (χ3v) is 9.85. The highest BCUT2D eigenvalue weighted by Crippen LogP contribution is 2.29. The van der Waals surface area contributed by atoms with Crippen LogP contribution in [0.1, 0.15) is 181 Å². The van der Waals surface area contributed by atoms with Gasteiger partial charge >= 0.3 is 5.97 Å². The molecule has 2 heterocycles. The molecule has 3 N–H and O–H groups in total. The predicted octanol–water partition coefficient (Wildman–Crippen LogP) is 8.13. The summed E-state index contributed by atoms with van der Waals surface area (Å²) < 4.78 is 11.5. The lowest BCUT2D eigenvalue weighted by molar-refractivity contribution is -0.145. The van der Waals surface area contributed by atoms with Crippen molar-refractivity contribution in [2.75, 3.05) is 0 Å². The van der Waals surface area contributed by atoms with Gasteiger partial charge in [0.1, 0.15) is 11.9 Å². The van der Waals surface area contributed by atoms with E-state index in [1.807, 2.05) is 0 Å². The Morgan fingerprint density at radius 2 is 1.16 bits per heavy atom. The lowest BCUT2D eigenvalue weighted by atomic mass is 9.96. The van der Waals surface area contributed by atoms with Crippen LogP contribution in [0.15, 0.2) is 0 Å². The molecule has 2 aliphatic rings. The van der Waals surface area contributed by atoms with E-state index in [1.54, 1.807) is 0 Å². The van der Waals surface area contributed by atoms with E-state index in [1.165, 1.54) is 77.6 Å². The molecule has 2 saturated heterocycles. The fourth-order valence-corrected chi connectivity index (χ4v) is 7.04. The van der Waals surface area contributed by atoms with E-state index in [2.05, 4.69) is 6.92 Å². The molecule has 0 aromatic carbocycles. The van der Waals surface area contributed by atoms with Crippen molar-refractivity contribution in [2.45, 2.75) is 217 Å². The molecule has 258 valence electrons. The van der Waals surface area contributed by atoms with E-state index in [0.29, 0.717) is 12.8 Å². The van der Waals surface area contributed by atoms with Crippen molar-refractivity contribution >= 4 is 11.8 Å². The molecule has 2 fully saturated rings. The first-order chi connectivity index (χ1) is 21.3. The molecule has 7 nitrogen and oxygen atoms in total. The molecular formula is C37H68O7. The maximum atomic E-state index is 11.8. The second kappa shape index (κ2) is 24.2. The van der Waals surface area contributed by atoms with Gasteiger partial charge in [0.25, 0.3) is 0 Å². The fraction of sp³-hybridized carbons (Fsp3) is 0.946. The van der Waals surface area contributed by atoms with Crippen molar-refractivity contribution in [1.82, 2.24) is 0 Å². The molecule has 0 unspecified atom stereocenters. The average Bonchev–Trinajstić information content (AvgIpc) is 3.62. The summed E-state index contributed by atoms with van der Waals surface area (Å²) in [5.74, 6) is -0.459. The van der Waals surface area contributed by atoms with E-state index in [4.69, 9.17) is 9.47 Å². The molecule has 0 amide bonds. The topological polar surface area (TPSA) is 113 Å². The number of aliphatic hydroxyl groups is 3. The second-order valence-electron chi connectivity index (χ2n) is 14.1. The van der Waals surface area contributed by atoms with Crippen LogP contribution >= 0.6 is 0 Å². The quantitative estimate of drug-likeness (QED) is 0.0595. The summed E-state index contributed by atoms with van der Waals surface area (Å²) in [5, 5.41) is 31.6. The number of hydrogen-bond donors (Lipinski definition) is 3. The van der Waals surface area contributed by atoms with Crippen molar-refractivity contribution in [3.8, 4) is 0 Å². The first-order valence-corrected chi connectivity index (χ1v) is 18.7. The number of rotatable bonds is 28. The van der Waals surface area contributed by atoms with Crippen LogP contribution in [0.2, 0.25) is 0 Å². The largest absolute Gasteiger partial charge is 0.462 e. The molecule has 7 heteroatoms. The number of Topliss-reactive ketones (excluding diaryl/α,β-unsaturated/α-hetero) is 1. The Hall–Kier alpha value is -1.02. The Kier molecular flexibility index (Phi) is 21.5. The Labute approximate surface area is 269 Å². The normalized spacial score (nSPS) is 24.0. The minimum Gasteiger partial charge on any atom is -0.462 e. The SMILES string of the molecule is CCCCCCCCCCCCCC[C@@H](O)[C@H]1CC[C@H]([C@H](O)CCCC[C@H](O)CCCCC[C@H]2C[C@H](CC(C)=O)C(=O)O2)O1. The first kappa shape index (κ1) is 39.2. The summed E-state index contributed by atoms with van der Waals surface area (Å²) in [6, 6.07) is 0. The first-order valence-electron chi connectivity index (χ1n) is 18.7. The zero-order valence-electron chi connectivity index (χ0n) is 28.4. The zero-order chi connectivity index (χ0) is 32.0. The number of esters is 1. The number of carbonyl (C=O) groups is 2. The Bertz CT molecular complexity index is 743. The highest BCUT2D eigenvalue weighted by atomic mass is 16.6. The van der Waals surface area contributed by atoms with Crippen LogP contribution in [0.5, 0.6) is 0 Å². The van der Waals surface area contributed by atoms with Gasteiger partial charge in [0.2, 0.25) is 0 Å². The van der Waals surface area contributed by atoms with Crippen LogP contribution in [-0.4, -0.2) is 63.7 Å². The molecular weight excluding hydrogens is 556 g/mol. The van der Waals surface area contributed by atoms with Crippen LogP contribution in [0.4, 0.5) is 0 Å². The smallest absolute Gasteiger partial charge is 0.309 e. The van der Waals surface area contributed by atoms with E-state index in [-0.39, 0.29) is 48.5 Å². The molecule has 0 aliphatic carbocycles. The van der Waals surface area contributed by atoms with Gasteiger partial charge in [-0.1, -0.05) is 110 Å². The molecule has 44 heavy (non-hydrogen) atoms. The molecule has 7 atom stereocenters. The van der Waals surface area contributed by atoms with Crippen LogP contribution in [0.3, 0.4) is 0 Å². The van der Waals surface area contributed by atoms with Gasteiger partial charge < -0.3 is 29.6 Å². The van der Waals surface area contributed by atoms with E-state index < -0.39 is 12.2 Å². The lowest BCUT2D eigenvalue weighted by Crippen LogP contribution is -2.31. The minimum absolute atomic E-state index is 0.0341. The Morgan fingerprint density at radius 3 is 1.70 bits per heavy atom. The second-order valence-corrected chi connectivity index (χ2v) is 14.1. The van der Waals surface area contributed by atoms with Crippen LogP contribution in [0, 0.1) is 5.92 Å². The summed E-state index contributed by atoms with van der Waals surface area (Å²) in [6.45, 7) is 3.78. The van der Waals surface area contributed by atoms with Gasteiger partial charge in [-0.25, -0.2) is 0 Å². The average molecular weight is 625 g/mol. The third-order valence-electron chi connectivity index (χ3n) is 9.85. The molecule has 2 rings (SSSR count). The van der Waals surface area contributed by atoms with Gasteiger partial charge in [-0.2, -0.15) is 0 Å². The lowest BCUT2D eigenvalue weighted by Gasteiger charge is -2.22. The van der Waals surface area contributed by atoms with Crippen LogP contribution < -0.4 is 0 Å². The van der Waals surface area contributed by atoms with Crippen molar-refractivity contribution in [2.24, 2.45) is 5.92 Å². The minimum atomic E-state index is -0.504.